The van der Waals surface area contributed by atoms with Crippen molar-refractivity contribution in [2.45, 2.75) is 6.92 Å². The van der Waals surface area contributed by atoms with Crippen molar-refractivity contribution in [3.8, 4) is 5.75 Å². The first-order valence-electron chi connectivity index (χ1n) is 6.10. The van der Waals surface area contributed by atoms with E-state index in [1.165, 1.54) is 18.5 Å². The van der Waals surface area contributed by atoms with E-state index >= 15 is 0 Å². The second kappa shape index (κ2) is 6.49. The van der Waals surface area contributed by atoms with Crippen molar-refractivity contribution in [1.29, 1.82) is 0 Å². The van der Waals surface area contributed by atoms with Crippen LogP contribution in [0.4, 0.5) is 0 Å². The van der Waals surface area contributed by atoms with E-state index in [4.69, 9.17) is 4.74 Å². The Balaban J connectivity index is 2.33. The fourth-order valence-corrected chi connectivity index (χ4v) is 2.26. The second-order valence-electron chi connectivity index (χ2n) is 3.99. The van der Waals surface area contributed by atoms with Crippen LogP contribution in [0.3, 0.4) is 0 Å². The van der Waals surface area contributed by atoms with Crippen molar-refractivity contribution in [3.63, 3.8) is 0 Å². The number of aromatic nitrogens is 2. The van der Waals surface area contributed by atoms with E-state index in [0.29, 0.717) is 9.99 Å². The molecule has 2 aromatic rings. The molecule has 8 heteroatoms. The Morgan fingerprint density at radius 2 is 2.00 bits per heavy atom. The first-order chi connectivity index (χ1) is 10.0. The summed E-state index contributed by atoms with van der Waals surface area (Å²) in [6, 6.07) is 1.36. The maximum Gasteiger partial charge on any atom is 0.325 e. The maximum atomic E-state index is 12.1. The molecule has 0 spiro atoms. The number of phenols is 1. The second-order valence-corrected chi connectivity index (χ2v) is 4.85. The Labute approximate surface area is 128 Å². The molecule has 0 aliphatic carbocycles. The highest BCUT2D eigenvalue weighted by molar-refractivity contribution is 9.10. The van der Waals surface area contributed by atoms with Crippen LogP contribution in [-0.4, -0.2) is 40.1 Å². The number of hydrogen-bond acceptors (Lipinski definition) is 6. The van der Waals surface area contributed by atoms with Crippen LogP contribution in [0.1, 0.15) is 17.3 Å². The maximum absolute atomic E-state index is 12.1. The lowest BCUT2D eigenvalue weighted by atomic mass is 10.1. The van der Waals surface area contributed by atoms with Crippen LogP contribution in [0.5, 0.6) is 5.75 Å². The number of carbonyl (C=O) groups excluding carboxylic acids is 2. The minimum atomic E-state index is -0.626. The molecule has 0 bridgehead atoms. The molecule has 7 nitrogen and oxygen atoms in total. The summed E-state index contributed by atoms with van der Waals surface area (Å²) in [5.41, 5.74) is 0.646. The van der Waals surface area contributed by atoms with E-state index in [1.807, 2.05) is 0 Å². The van der Waals surface area contributed by atoms with Gasteiger partial charge < -0.3 is 15.2 Å². The van der Waals surface area contributed by atoms with Gasteiger partial charge >= 0.3 is 5.97 Å². The number of nitrogens with zero attached hydrogens (tertiary/aromatic N) is 2. The number of aromatic hydroxyl groups is 1. The average molecular weight is 354 g/mol. The van der Waals surface area contributed by atoms with Gasteiger partial charge in [-0.2, -0.15) is 0 Å². The van der Waals surface area contributed by atoms with Gasteiger partial charge in [-0.3, -0.25) is 19.6 Å². The zero-order chi connectivity index (χ0) is 15.4. The van der Waals surface area contributed by atoms with Gasteiger partial charge in [-0.1, -0.05) is 0 Å². The molecule has 1 heterocycles. The monoisotopic (exact) mass is 353 g/mol. The quantitative estimate of drug-likeness (QED) is 0.805. The molecule has 1 aromatic carbocycles. The standard InChI is InChI=1S/C13H12BrN3O4/c1-2-21-9(19)6-17-13(20)10-8(18)5-7(14)11-12(10)16-4-3-15-11/h3-5,18H,2,6H2,1H3,(H,17,20). The summed E-state index contributed by atoms with van der Waals surface area (Å²) in [4.78, 5) is 31.5. The Morgan fingerprint density at radius 3 is 2.67 bits per heavy atom. The molecular weight excluding hydrogens is 342 g/mol. The van der Waals surface area contributed by atoms with Gasteiger partial charge in [0.05, 0.1) is 6.61 Å². The number of phenolic OH excluding ortho intramolecular Hbond substituents is 1. The molecule has 0 aliphatic heterocycles. The van der Waals surface area contributed by atoms with Crippen molar-refractivity contribution in [2.75, 3.05) is 13.2 Å². The summed E-state index contributed by atoms with van der Waals surface area (Å²) >= 11 is 3.25. The van der Waals surface area contributed by atoms with Gasteiger partial charge in [0.15, 0.2) is 0 Å². The summed E-state index contributed by atoms with van der Waals surface area (Å²) in [5.74, 6) is -1.44. The third kappa shape index (κ3) is 3.27. The van der Waals surface area contributed by atoms with Gasteiger partial charge in [-0.05, 0) is 28.9 Å². The molecule has 21 heavy (non-hydrogen) atoms. The molecule has 1 aromatic heterocycles. The Hall–Kier alpha value is -2.22. The van der Waals surface area contributed by atoms with Crippen LogP contribution in [0.15, 0.2) is 22.9 Å². The molecule has 0 aliphatic rings. The Bertz CT molecular complexity index is 705. The average Bonchev–Trinajstić information content (AvgIpc) is 2.45. The number of rotatable bonds is 4. The Morgan fingerprint density at radius 1 is 1.33 bits per heavy atom. The first-order valence-corrected chi connectivity index (χ1v) is 6.90. The highest BCUT2D eigenvalue weighted by atomic mass is 79.9. The smallest absolute Gasteiger partial charge is 0.325 e. The predicted octanol–water partition coefficient (Wildman–Crippen LogP) is 1.39. The molecule has 0 fully saturated rings. The van der Waals surface area contributed by atoms with Crippen molar-refractivity contribution in [3.05, 3.63) is 28.5 Å². The molecule has 110 valence electrons. The van der Waals surface area contributed by atoms with E-state index in [0.717, 1.165) is 0 Å². The van der Waals surface area contributed by atoms with Crippen LogP contribution < -0.4 is 5.32 Å². The van der Waals surface area contributed by atoms with Crippen LogP contribution >= 0.6 is 15.9 Å². The molecule has 2 N–H and O–H groups in total. The van der Waals surface area contributed by atoms with Crippen LogP contribution in [0, 0.1) is 0 Å². The molecule has 2 rings (SSSR count). The topological polar surface area (TPSA) is 101 Å². The SMILES string of the molecule is CCOC(=O)CNC(=O)c1c(O)cc(Br)c2nccnc12. The minimum absolute atomic E-state index is 0.0365. The Kier molecular flexibility index (Phi) is 4.69. The number of nitrogens with one attached hydrogen (secondary N) is 1. The molecule has 1 amide bonds. The molecule has 0 unspecified atom stereocenters. The van der Waals surface area contributed by atoms with Crippen molar-refractivity contribution < 1.29 is 19.4 Å². The van der Waals surface area contributed by atoms with E-state index in [1.54, 1.807) is 6.92 Å². The summed E-state index contributed by atoms with van der Waals surface area (Å²) in [6.07, 6.45) is 2.89. The highest BCUT2D eigenvalue weighted by Gasteiger charge is 2.19. The largest absolute Gasteiger partial charge is 0.507 e. The lowest BCUT2D eigenvalue weighted by Gasteiger charge is -2.09. The summed E-state index contributed by atoms with van der Waals surface area (Å²) in [7, 11) is 0. The fraction of sp³-hybridized carbons (Fsp3) is 0.231. The van der Waals surface area contributed by atoms with E-state index in [-0.39, 0.29) is 30.0 Å². The van der Waals surface area contributed by atoms with Crippen LogP contribution in [-0.2, 0) is 9.53 Å². The van der Waals surface area contributed by atoms with E-state index in [9.17, 15) is 14.7 Å². The zero-order valence-corrected chi connectivity index (χ0v) is 12.7. The van der Waals surface area contributed by atoms with Gasteiger partial charge in [0.1, 0.15) is 28.9 Å². The van der Waals surface area contributed by atoms with Gasteiger partial charge in [-0.25, -0.2) is 0 Å². The lowest BCUT2D eigenvalue weighted by molar-refractivity contribution is -0.141. The van der Waals surface area contributed by atoms with Crippen LogP contribution in [0.25, 0.3) is 11.0 Å². The zero-order valence-electron chi connectivity index (χ0n) is 11.1. The third-order valence-corrected chi connectivity index (χ3v) is 3.21. The normalized spacial score (nSPS) is 10.4. The summed E-state index contributed by atoms with van der Waals surface area (Å²) < 4.78 is 5.23. The number of esters is 1. The first kappa shape index (κ1) is 15.2. The summed E-state index contributed by atoms with van der Waals surface area (Å²) in [6.45, 7) is 1.61. The summed E-state index contributed by atoms with van der Waals surface area (Å²) in [5, 5.41) is 12.3. The number of hydrogen-bond donors (Lipinski definition) is 2. The van der Waals surface area contributed by atoms with Crippen LogP contribution in [0.2, 0.25) is 0 Å². The molecular formula is C13H12BrN3O4. The van der Waals surface area contributed by atoms with Gasteiger partial charge in [-0.15, -0.1) is 0 Å². The molecule has 0 radical (unpaired) electrons. The number of halogens is 1. The molecule has 0 saturated heterocycles. The lowest BCUT2D eigenvalue weighted by Crippen LogP contribution is -2.31. The van der Waals surface area contributed by atoms with Gasteiger partial charge in [0, 0.05) is 16.9 Å². The number of benzene rings is 1. The number of carbonyl (C=O) groups is 2. The number of ether oxygens (including phenoxy) is 1. The van der Waals surface area contributed by atoms with Crippen molar-refractivity contribution in [1.82, 2.24) is 15.3 Å². The molecule has 0 saturated carbocycles. The van der Waals surface area contributed by atoms with Crippen molar-refractivity contribution >= 4 is 38.8 Å². The van der Waals surface area contributed by atoms with Gasteiger partial charge in [0.25, 0.3) is 5.91 Å². The highest BCUT2D eigenvalue weighted by Crippen LogP contribution is 2.30. The van der Waals surface area contributed by atoms with Gasteiger partial charge in [0.2, 0.25) is 0 Å². The third-order valence-electron chi connectivity index (χ3n) is 2.61. The number of fused-ring (bicyclic) bond motifs is 1. The van der Waals surface area contributed by atoms with E-state index < -0.39 is 11.9 Å². The molecule has 0 atom stereocenters. The fourth-order valence-electron chi connectivity index (χ4n) is 1.75. The van der Waals surface area contributed by atoms with E-state index in [2.05, 4.69) is 31.2 Å². The minimum Gasteiger partial charge on any atom is -0.507 e. The predicted molar refractivity (Wildman–Crippen MR) is 77.9 cm³/mol. The number of amides is 1. The van der Waals surface area contributed by atoms with Crippen molar-refractivity contribution in [2.24, 2.45) is 0 Å².